The van der Waals surface area contributed by atoms with E-state index in [4.69, 9.17) is 0 Å². The zero-order chi connectivity index (χ0) is 17.7. The predicted molar refractivity (Wildman–Crippen MR) is 92.0 cm³/mol. The van der Waals surface area contributed by atoms with Gasteiger partial charge >= 0.3 is 5.69 Å². The number of hydrogen-bond donors (Lipinski definition) is 1. The highest BCUT2D eigenvalue weighted by atomic mass is 19.1. The van der Waals surface area contributed by atoms with Crippen LogP contribution in [0.2, 0.25) is 0 Å². The lowest BCUT2D eigenvalue weighted by molar-refractivity contribution is 0.630. The third-order valence-corrected chi connectivity index (χ3v) is 4.24. The molecule has 7 nitrogen and oxygen atoms in total. The average Bonchev–Trinajstić information content (AvgIpc) is 2.92. The van der Waals surface area contributed by atoms with Gasteiger partial charge in [-0.15, -0.1) is 0 Å². The van der Waals surface area contributed by atoms with Crippen LogP contribution < -0.4 is 11.2 Å². The van der Waals surface area contributed by atoms with Crippen molar-refractivity contribution in [1.29, 1.82) is 0 Å². The monoisotopic (exact) mass is 339 g/mol. The van der Waals surface area contributed by atoms with Crippen molar-refractivity contribution >= 4 is 22.1 Å². The molecule has 0 radical (unpaired) electrons. The van der Waals surface area contributed by atoms with Crippen LogP contribution in [0.3, 0.4) is 0 Å². The fraction of sp³-hybridized carbons (Fsp3) is 0.176. The number of benzene rings is 1. The minimum atomic E-state index is -0.528. The normalized spacial score (nSPS) is 11.5. The molecule has 0 unspecified atom stereocenters. The average molecular weight is 339 g/mol. The first-order valence-electron chi connectivity index (χ1n) is 7.75. The van der Waals surface area contributed by atoms with Crippen molar-refractivity contribution in [3.63, 3.8) is 0 Å². The number of pyridine rings is 1. The van der Waals surface area contributed by atoms with Crippen molar-refractivity contribution in [2.75, 3.05) is 0 Å². The quantitative estimate of drug-likeness (QED) is 0.603. The number of fused-ring (bicyclic) bond motifs is 2. The number of hydrogen-bond acceptors (Lipinski definition) is 4. The van der Waals surface area contributed by atoms with Crippen molar-refractivity contribution in [2.45, 2.75) is 13.5 Å². The van der Waals surface area contributed by atoms with E-state index in [9.17, 15) is 14.0 Å². The Morgan fingerprint density at radius 1 is 1.28 bits per heavy atom. The molecule has 0 amide bonds. The van der Waals surface area contributed by atoms with Crippen LogP contribution in [0, 0.1) is 5.82 Å². The van der Waals surface area contributed by atoms with Crippen molar-refractivity contribution in [3.05, 3.63) is 57.1 Å². The molecule has 1 N–H and O–H groups in total. The Kier molecular flexibility index (Phi) is 3.28. The maximum atomic E-state index is 14.1. The van der Waals surface area contributed by atoms with Crippen molar-refractivity contribution in [2.24, 2.45) is 7.05 Å². The molecule has 0 saturated heterocycles. The van der Waals surface area contributed by atoms with Crippen molar-refractivity contribution in [1.82, 2.24) is 24.1 Å². The lowest BCUT2D eigenvalue weighted by atomic mass is 10.1. The molecule has 0 aliphatic heterocycles. The third kappa shape index (κ3) is 2.18. The number of halogens is 1. The predicted octanol–water partition coefficient (Wildman–Crippen LogP) is 1.80. The van der Waals surface area contributed by atoms with E-state index >= 15 is 0 Å². The molecular weight excluding hydrogens is 325 g/mol. The number of nitrogens with one attached hydrogen (secondary N) is 1. The van der Waals surface area contributed by atoms with Gasteiger partial charge in [-0.25, -0.2) is 14.2 Å². The molecule has 8 heteroatoms. The highest BCUT2D eigenvalue weighted by Crippen LogP contribution is 2.28. The zero-order valence-electron chi connectivity index (χ0n) is 13.6. The summed E-state index contributed by atoms with van der Waals surface area (Å²) >= 11 is 0. The molecule has 0 aliphatic rings. The molecule has 0 fully saturated rings. The van der Waals surface area contributed by atoms with Gasteiger partial charge in [0.1, 0.15) is 11.6 Å². The number of rotatable bonds is 2. The Hall–Kier alpha value is -3.29. The molecule has 0 atom stereocenters. The van der Waals surface area contributed by atoms with Gasteiger partial charge in [0.15, 0.2) is 11.2 Å². The van der Waals surface area contributed by atoms with Gasteiger partial charge in [0, 0.05) is 30.7 Å². The van der Waals surface area contributed by atoms with Crippen LogP contribution in [-0.2, 0) is 13.6 Å². The maximum absolute atomic E-state index is 14.1. The van der Waals surface area contributed by atoms with E-state index in [0.717, 1.165) is 0 Å². The molecule has 0 spiro atoms. The molecule has 1 aromatic carbocycles. The molecule has 4 rings (SSSR count). The van der Waals surface area contributed by atoms with Gasteiger partial charge in [-0.3, -0.25) is 19.3 Å². The highest BCUT2D eigenvalue weighted by molar-refractivity contribution is 5.93. The van der Waals surface area contributed by atoms with Gasteiger partial charge < -0.3 is 4.57 Å². The van der Waals surface area contributed by atoms with Gasteiger partial charge in [-0.2, -0.15) is 0 Å². The van der Waals surface area contributed by atoms with Crippen LogP contribution in [-0.4, -0.2) is 24.1 Å². The molecule has 126 valence electrons. The maximum Gasteiger partial charge on any atom is 0.330 e. The first kappa shape index (κ1) is 15.3. The summed E-state index contributed by atoms with van der Waals surface area (Å²) in [5.74, 6) is -0.0548. The largest absolute Gasteiger partial charge is 0.330 e. The fourth-order valence-corrected chi connectivity index (χ4v) is 3.11. The topological polar surface area (TPSA) is 85.6 Å². The van der Waals surface area contributed by atoms with Crippen LogP contribution in [0.5, 0.6) is 0 Å². The molecule has 25 heavy (non-hydrogen) atoms. The van der Waals surface area contributed by atoms with E-state index in [1.165, 1.54) is 16.7 Å². The van der Waals surface area contributed by atoms with Crippen molar-refractivity contribution < 1.29 is 4.39 Å². The molecular formula is C17H14FN5O2. The summed E-state index contributed by atoms with van der Waals surface area (Å²) < 4.78 is 17.0. The van der Waals surface area contributed by atoms with Gasteiger partial charge in [-0.1, -0.05) is 6.07 Å². The van der Waals surface area contributed by atoms with E-state index in [-0.39, 0.29) is 11.2 Å². The van der Waals surface area contributed by atoms with Crippen LogP contribution >= 0.6 is 0 Å². The summed E-state index contributed by atoms with van der Waals surface area (Å²) in [7, 11) is 1.66. The Morgan fingerprint density at radius 2 is 2.08 bits per heavy atom. The summed E-state index contributed by atoms with van der Waals surface area (Å²) in [5.41, 5.74) is 0.506. The summed E-state index contributed by atoms with van der Waals surface area (Å²) in [5, 5.41) is 0.631. The number of H-pyrrole nitrogens is 1. The van der Waals surface area contributed by atoms with E-state index in [1.807, 2.05) is 0 Å². The molecule has 4 aromatic rings. The van der Waals surface area contributed by atoms with Gasteiger partial charge in [0.2, 0.25) is 0 Å². The van der Waals surface area contributed by atoms with Gasteiger partial charge in [0.25, 0.3) is 5.56 Å². The Labute approximate surface area is 140 Å². The van der Waals surface area contributed by atoms with Crippen molar-refractivity contribution in [3.8, 4) is 11.4 Å². The summed E-state index contributed by atoms with van der Waals surface area (Å²) in [6, 6.07) is 6.20. The van der Waals surface area contributed by atoms with E-state index in [2.05, 4.69) is 15.0 Å². The van der Waals surface area contributed by atoms with E-state index in [0.29, 0.717) is 28.8 Å². The second-order valence-corrected chi connectivity index (χ2v) is 5.70. The number of aromatic nitrogens is 5. The highest BCUT2D eigenvalue weighted by Gasteiger charge is 2.19. The van der Waals surface area contributed by atoms with Gasteiger partial charge in [-0.05, 0) is 25.1 Å². The van der Waals surface area contributed by atoms with Crippen LogP contribution in [0.1, 0.15) is 6.92 Å². The van der Waals surface area contributed by atoms with Crippen LogP contribution in [0.4, 0.5) is 4.39 Å². The minimum Gasteiger partial charge on any atom is -0.321 e. The van der Waals surface area contributed by atoms with Crippen LogP contribution in [0.15, 0.2) is 40.1 Å². The Morgan fingerprint density at radius 3 is 2.84 bits per heavy atom. The SMILES string of the molecule is CCn1c(=O)[nH]c(=O)c2c1nc(-c1cc(F)cc3cccnc13)n2C. The summed E-state index contributed by atoms with van der Waals surface area (Å²) in [6.45, 7) is 2.14. The second-order valence-electron chi connectivity index (χ2n) is 5.70. The second kappa shape index (κ2) is 5.37. The molecule has 0 aliphatic carbocycles. The number of imidazole rings is 1. The lowest BCUT2D eigenvalue weighted by Gasteiger charge is -2.06. The fourth-order valence-electron chi connectivity index (χ4n) is 3.11. The summed E-state index contributed by atoms with van der Waals surface area (Å²) in [4.78, 5) is 35.3. The van der Waals surface area contributed by atoms with Crippen LogP contribution in [0.25, 0.3) is 33.5 Å². The molecule has 3 heterocycles. The Bertz CT molecular complexity index is 1250. The molecule has 0 bridgehead atoms. The first-order valence-corrected chi connectivity index (χ1v) is 7.75. The molecule has 3 aromatic heterocycles. The number of nitrogens with zero attached hydrogens (tertiary/aromatic N) is 4. The molecule has 0 saturated carbocycles. The van der Waals surface area contributed by atoms with Gasteiger partial charge in [0.05, 0.1) is 5.52 Å². The van der Waals surface area contributed by atoms with E-state index in [1.54, 1.807) is 36.9 Å². The minimum absolute atomic E-state index is 0.254. The first-order chi connectivity index (χ1) is 12.0. The lowest BCUT2D eigenvalue weighted by Crippen LogP contribution is -2.30. The zero-order valence-corrected chi connectivity index (χ0v) is 13.6. The number of aryl methyl sites for hydroxylation is 2. The smallest absolute Gasteiger partial charge is 0.321 e. The third-order valence-electron chi connectivity index (χ3n) is 4.24. The standard InChI is InChI=1S/C17H14FN5O2/c1-3-23-15-13(16(24)21-17(23)25)22(2)14(20-15)11-8-10(18)7-9-5-4-6-19-12(9)11/h4-8H,3H2,1-2H3,(H,21,24,25). The summed E-state index contributed by atoms with van der Waals surface area (Å²) in [6.07, 6.45) is 1.61. The Balaban J connectivity index is 2.17. The van der Waals surface area contributed by atoms with E-state index < -0.39 is 17.1 Å². The number of aromatic amines is 1.